The smallest absolute Gasteiger partial charge is 0.323 e. The standard InChI is InChI=1S/C6H11NO3.C4H9NO3.C2H6/c7-6(5(8)9)1-3-10-4-2-6;1-2(6)3(5)4(7)8;1-2/h1-4,7H2,(H,8,9);2-3,6H,5H2,1H3,(H,7,8);1-2H3. The molecule has 1 saturated heterocycles. The summed E-state index contributed by atoms with van der Waals surface area (Å²) in [5.41, 5.74) is 9.40. The third-order valence-corrected chi connectivity index (χ3v) is 2.62. The van der Waals surface area contributed by atoms with Gasteiger partial charge in [0.05, 0.1) is 6.10 Å². The zero-order valence-electron chi connectivity index (χ0n) is 12.2. The molecule has 0 aliphatic carbocycles. The van der Waals surface area contributed by atoms with Crippen molar-refractivity contribution >= 4 is 11.9 Å². The Bertz CT molecular complexity index is 290. The molecular formula is C12H26N2O6. The molecule has 0 amide bonds. The van der Waals surface area contributed by atoms with Gasteiger partial charge in [-0.25, -0.2) is 0 Å². The van der Waals surface area contributed by atoms with Gasteiger partial charge in [-0.15, -0.1) is 0 Å². The summed E-state index contributed by atoms with van der Waals surface area (Å²) < 4.78 is 4.97. The first-order valence-corrected chi connectivity index (χ1v) is 6.47. The second-order valence-electron chi connectivity index (χ2n) is 4.18. The summed E-state index contributed by atoms with van der Waals surface area (Å²) in [6, 6.07) is -1.16. The molecular weight excluding hydrogens is 268 g/mol. The number of aliphatic hydroxyl groups is 1. The molecule has 120 valence electrons. The Morgan fingerprint density at radius 1 is 1.20 bits per heavy atom. The van der Waals surface area contributed by atoms with E-state index in [0.29, 0.717) is 26.1 Å². The SMILES string of the molecule is CC.CC(O)C(N)C(=O)O.NC1(C(=O)O)CCOCC1. The van der Waals surface area contributed by atoms with Crippen LogP contribution in [0.4, 0.5) is 0 Å². The van der Waals surface area contributed by atoms with Gasteiger partial charge in [-0.3, -0.25) is 9.59 Å². The summed E-state index contributed by atoms with van der Waals surface area (Å²) >= 11 is 0. The Kier molecular flexibility index (Phi) is 11.1. The number of aliphatic hydroxyl groups excluding tert-OH is 1. The number of carbonyl (C=O) groups is 2. The monoisotopic (exact) mass is 294 g/mol. The van der Waals surface area contributed by atoms with Crippen molar-refractivity contribution in [2.75, 3.05) is 13.2 Å². The molecule has 20 heavy (non-hydrogen) atoms. The Labute approximate surface area is 118 Å². The molecule has 0 saturated carbocycles. The van der Waals surface area contributed by atoms with Crippen molar-refractivity contribution in [1.82, 2.24) is 0 Å². The molecule has 1 heterocycles. The van der Waals surface area contributed by atoms with Crippen LogP contribution in [0.1, 0.15) is 33.6 Å². The molecule has 0 bridgehead atoms. The van der Waals surface area contributed by atoms with Crippen LogP contribution in [-0.2, 0) is 14.3 Å². The average Bonchev–Trinajstić information content (AvgIpc) is 2.41. The molecule has 8 heteroatoms. The predicted molar refractivity (Wildman–Crippen MR) is 73.2 cm³/mol. The number of rotatable bonds is 3. The van der Waals surface area contributed by atoms with E-state index in [0.717, 1.165) is 0 Å². The van der Waals surface area contributed by atoms with Gasteiger partial charge in [0.15, 0.2) is 0 Å². The number of ether oxygens (including phenoxy) is 1. The Hall–Kier alpha value is -1.22. The van der Waals surface area contributed by atoms with Crippen LogP contribution in [0.3, 0.4) is 0 Å². The van der Waals surface area contributed by atoms with Gasteiger partial charge >= 0.3 is 11.9 Å². The highest BCUT2D eigenvalue weighted by atomic mass is 16.5. The third-order valence-electron chi connectivity index (χ3n) is 2.62. The number of aliphatic carboxylic acids is 2. The Morgan fingerprint density at radius 2 is 1.60 bits per heavy atom. The molecule has 0 aromatic carbocycles. The van der Waals surface area contributed by atoms with E-state index in [1.54, 1.807) is 0 Å². The molecule has 2 atom stereocenters. The number of hydrogen-bond acceptors (Lipinski definition) is 6. The maximum Gasteiger partial charge on any atom is 0.323 e. The number of hydrogen-bond donors (Lipinski definition) is 5. The van der Waals surface area contributed by atoms with Gasteiger partial charge in [-0.1, -0.05) is 13.8 Å². The van der Waals surface area contributed by atoms with E-state index in [4.69, 9.17) is 31.5 Å². The highest BCUT2D eigenvalue weighted by molar-refractivity contribution is 5.78. The van der Waals surface area contributed by atoms with Gasteiger partial charge in [0.25, 0.3) is 0 Å². The highest BCUT2D eigenvalue weighted by Gasteiger charge is 2.35. The van der Waals surface area contributed by atoms with Gasteiger partial charge in [-0.05, 0) is 19.8 Å². The topological polar surface area (TPSA) is 156 Å². The lowest BCUT2D eigenvalue weighted by molar-refractivity contribution is -0.147. The predicted octanol–water partition coefficient (Wildman–Crippen LogP) is -0.616. The summed E-state index contributed by atoms with van der Waals surface area (Å²) in [4.78, 5) is 20.4. The average molecular weight is 294 g/mol. The summed E-state index contributed by atoms with van der Waals surface area (Å²) in [6.45, 7) is 6.25. The molecule has 0 radical (unpaired) electrons. The van der Waals surface area contributed by atoms with Crippen LogP contribution in [0, 0.1) is 0 Å². The van der Waals surface area contributed by atoms with E-state index in [-0.39, 0.29) is 0 Å². The maximum absolute atomic E-state index is 10.5. The van der Waals surface area contributed by atoms with E-state index in [1.165, 1.54) is 6.92 Å². The Balaban J connectivity index is 0. The van der Waals surface area contributed by atoms with Crippen molar-refractivity contribution in [3.63, 3.8) is 0 Å². The molecule has 1 rings (SSSR count). The van der Waals surface area contributed by atoms with E-state index in [2.05, 4.69) is 0 Å². The van der Waals surface area contributed by atoms with E-state index >= 15 is 0 Å². The van der Waals surface area contributed by atoms with Gasteiger partial charge in [0.1, 0.15) is 11.6 Å². The lowest BCUT2D eigenvalue weighted by Crippen LogP contribution is -2.51. The van der Waals surface area contributed by atoms with Gasteiger partial charge < -0.3 is 31.5 Å². The maximum atomic E-state index is 10.5. The van der Waals surface area contributed by atoms with E-state index < -0.39 is 29.6 Å². The minimum Gasteiger partial charge on any atom is -0.480 e. The van der Waals surface area contributed by atoms with Gasteiger partial charge in [0, 0.05) is 13.2 Å². The molecule has 7 N–H and O–H groups in total. The van der Waals surface area contributed by atoms with Crippen molar-refractivity contribution in [3.05, 3.63) is 0 Å². The zero-order chi connectivity index (χ0) is 16.3. The van der Waals surface area contributed by atoms with Crippen LogP contribution in [-0.4, -0.2) is 58.2 Å². The van der Waals surface area contributed by atoms with Crippen LogP contribution in [0.15, 0.2) is 0 Å². The first-order chi connectivity index (χ1) is 9.20. The third kappa shape index (κ3) is 8.05. The quantitative estimate of drug-likeness (QED) is 0.461. The normalized spacial score (nSPS) is 19.3. The van der Waals surface area contributed by atoms with Crippen molar-refractivity contribution < 1.29 is 29.6 Å². The largest absolute Gasteiger partial charge is 0.480 e. The van der Waals surface area contributed by atoms with Crippen LogP contribution in [0.5, 0.6) is 0 Å². The first kappa shape index (κ1) is 21.1. The second kappa shape index (κ2) is 10.6. The van der Waals surface area contributed by atoms with Crippen LogP contribution < -0.4 is 11.5 Å². The number of carboxylic acids is 2. The van der Waals surface area contributed by atoms with Crippen molar-refractivity contribution in [2.45, 2.75) is 51.3 Å². The van der Waals surface area contributed by atoms with Gasteiger partial charge in [-0.2, -0.15) is 0 Å². The number of carboxylic acid groups (broad SMARTS) is 2. The Morgan fingerprint density at radius 3 is 1.75 bits per heavy atom. The fraction of sp³-hybridized carbons (Fsp3) is 0.833. The van der Waals surface area contributed by atoms with Crippen LogP contribution in [0.2, 0.25) is 0 Å². The van der Waals surface area contributed by atoms with Crippen LogP contribution in [0.25, 0.3) is 0 Å². The summed E-state index contributed by atoms with van der Waals surface area (Å²) in [7, 11) is 0. The van der Waals surface area contributed by atoms with Crippen molar-refractivity contribution in [3.8, 4) is 0 Å². The van der Waals surface area contributed by atoms with Crippen molar-refractivity contribution in [2.24, 2.45) is 11.5 Å². The summed E-state index contributed by atoms with van der Waals surface area (Å²) in [6.07, 6.45) is -0.141. The molecule has 1 aliphatic heterocycles. The lowest BCUT2D eigenvalue weighted by atomic mass is 9.92. The van der Waals surface area contributed by atoms with E-state index in [1.807, 2.05) is 13.8 Å². The molecule has 1 fully saturated rings. The highest BCUT2D eigenvalue weighted by Crippen LogP contribution is 2.17. The number of nitrogens with two attached hydrogens (primary N) is 2. The summed E-state index contributed by atoms with van der Waals surface area (Å²) in [5.74, 6) is -2.10. The first-order valence-electron chi connectivity index (χ1n) is 6.47. The molecule has 8 nitrogen and oxygen atoms in total. The second-order valence-corrected chi connectivity index (χ2v) is 4.18. The molecule has 1 aliphatic rings. The molecule has 0 aromatic heterocycles. The van der Waals surface area contributed by atoms with Gasteiger partial charge in [0.2, 0.25) is 0 Å². The zero-order valence-corrected chi connectivity index (χ0v) is 12.2. The fourth-order valence-electron chi connectivity index (χ4n) is 1.16. The minimum absolute atomic E-state index is 0.419. The molecule has 2 unspecified atom stereocenters. The minimum atomic E-state index is -1.18. The summed E-state index contributed by atoms with van der Waals surface area (Å²) in [5, 5.41) is 25.2. The molecule has 0 aromatic rings. The van der Waals surface area contributed by atoms with Crippen LogP contribution >= 0.6 is 0 Å². The lowest BCUT2D eigenvalue weighted by Gasteiger charge is -2.28. The van der Waals surface area contributed by atoms with E-state index in [9.17, 15) is 9.59 Å². The molecule has 0 spiro atoms. The fourth-order valence-corrected chi connectivity index (χ4v) is 1.16. The van der Waals surface area contributed by atoms with Crippen molar-refractivity contribution in [1.29, 1.82) is 0 Å².